The van der Waals surface area contributed by atoms with Crippen LogP contribution in [0.1, 0.15) is 143 Å². The summed E-state index contributed by atoms with van der Waals surface area (Å²) in [7, 11) is 0. The SMILES string of the molecule is CCCCCCCCCCC(CCCCCCCCCC)C(C)(OCC)C(=O)O.N. The first kappa shape index (κ1) is 31.6. The van der Waals surface area contributed by atoms with E-state index in [9.17, 15) is 9.90 Å². The second-order valence-electron chi connectivity index (χ2n) is 9.07. The minimum atomic E-state index is -1.03. The monoisotopic (exact) mass is 429 g/mol. The second kappa shape index (κ2) is 21.6. The predicted octanol–water partition coefficient (Wildman–Crippen LogP) is 8.71. The number of rotatable bonds is 22. The lowest BCUT2D eigenvalue weighted by Gasteiger charge is -2.34. The highest BCUT2D eigenvalue weighted by Crippen LogP contribution is 2.32. The van der Waals surface area contributed by atoms with Crippen molar-refractivity contribution >= 4 is 5.97 Å². The average Bonchev–Trinajstić information content (AvgIpc) is 2.70. The van der Waals surface area contributed by atoms with Gasteiger partial charge in [-0.25, -0.2) is 4.79 Å². The molecule has 4 N–H and O–H groups in total. The van der Waals surface area contributed by atoms with Gasteiger partial charge in [0.25, 0.3) is 0 Å². The maximum absolute atomic E-state index is 12.0. The molecule has 4 nitrogen and oxygen atoms in total. The highest BCUT2D eigenvalue weighted by atomic mass is 16.5. The Labute approximate surface area is 188 Å². The van der Waals surface area contributed by atoms with E-state index in [2.05, 4.69) is 13.8 Å². The van der Waals surface area contributed by atoms with Gasteiger partial charge in [-0.3, -0.25) is 0 Å². The molecule has 182 valence electrons. The molecule has 0 aliphatic carbocycles. The lowest BCUT2D eigenvalue weighted by atomic mass is 9.80. The molecular formula is C26H55NO3. The van der Waals surface area contributed by atoms with Gasteiger partial charge in [-0.15, -0.1) is 0 Å². The van der Waals surface area contributed by atoms with Crippen LogP contribution in [-0.2, 0) is 9.53 Å². The van der Waals surface area contributed by atoms with Gasteiger partial charge in [0, 0.05) is 6.61 Å². The van der Waals surface area contributed by atoms with E-state index in [0.29, 0.717) is 6.61 Å². The van der Waals surface area contributed by atoms with Crippen molar-refractivity contribution < 1.29 is 14.6 Å². The van der Waals surface area contributed by atoms with E-state index >= 15 is 0 Å². The van der Waals surface area contributed by atoms with E-state index in [-0.39, 0.29) is 12.1 Å². The van der Waals surface area contributed by atoms with Crippen LogP contribution in [0.2, 0.25) is 0 Å². The molecule has 0 aliphatic heterocycles. The first-order valence-corrected chi connectivity index (χ1v) is 12.9. The van der Waals surface area contributed by atoms with Gasteiger partial charge in [0.2, 0.25) is 0 Å². The normalized spacial score (nSPS) is 13.2. The second-order valence-corrected chi connectivity index (χ2v) is 9.07. The smallest absolute Gasteiger partial charge is 0.335 e. The molecule has 30 heavy (non-hydrogen) atoms. The number of hydrogen-bond acceptors (Lipinski definition) is 3. The number of carboxylic acid groups (broad SMARTS) is 1. The van der Waals surface area contributed by atoms with Crippen LogP contribution in [0, 0.1) is 5.92 Å². The van der Waals surface area contributed by atoms with Crippen LogP contribution in [0.3, 0.4) is 0 Å². The van der Waals surface area contributed by atoms with Crippen molar-refractivity contribution in [2.45, 2.75) is 149 Å². The largest absolute Gasteiger partial charge is 0.479 e. The number of carboxylic acids is 1. The van der Waals surface area contributed by atoms with Crippen molar-refractivity contribution in [2.24, 2.45) is 5.92 Å². The highest BCUT2D eigenvalue weighted by molar-refractivity contribution is 5.77. The summed E-state index contributed by atoms with van der Waals surface area (Å²) in [4.78, 5) is 12.0. The zero-order valence-electron chi connectivity index (χ0n) is 21.0. The van der Waals surface area contributed by atoms with Crippen molar-refractivity contribution in [2.75, 3.05) is 6.61 Å². The number of hydrogen-bond donors (Lipinski definition) is 2. The first-order valence-electron chi connectivity index (χ1n) is 12.9. The van der Waals surface area contributed by atoms with Gasteiger partial charge in [0.1, 0.15) is 0 Å². The maximum Gasteiger partial charge on any atom is 0.335 e. The summed E-state index contributed by atoms with van der Waals surface area (Å²) in [5.41, 5.74) is -1.03. The molecule has 0 amide bonds. The van der Waals surface area contributed by atoms with Crippen molar-refractivity contribution in [3.8, 4) is 0 Å². The number of unbranched alkanes of at least 4 members (excludes halogenated alkanes) is 14. The average molecular weight is 430 g/mol. The molecular weight excluding hydrogens is 374 g/mol. The Morgan fingerprint density at radius 1 is 0.700 bits per heavy atom. The summed E-state index contributed by atoms with van der Waals surface area (Å²) in [6.45, 7) is 8.69. The number of carbonyl (C=O) groups is 1. The third kappa shape index (κ3) is 15.2. The van der Waals surface area contributed by atoms with Gasteiger partial charge >= 0.3 is 5.97 Å². The van der Waals surface area contributed by atoms with Crippen molar-refractivity contribution in [3.63, 3.8) is 0 Å². The lowest BCUT2D eigenvalue weighted by molar-refractivity contribution is -0.172. The van der Waals surface area contributed by atoms with Crippen molar-refractivity contribution in [1.82, 2.24) is 6.15 Å². The zero-order valence-corrected chi connectivity index (χ0v) is 21.0. The van der Waals surface area contributed by atoms with Crippen LogP contribution in [0.25, 0.3) is 0 Å². The molecule has 1 atom stereocenters. The minimum absolute atomic E-state index is 0. The van der Waals surface area contributed by atoms with Gasteiger partial charge in [0.05, 0.1) is 0 Å². The summed E-state index contributed by atoms with van der Waals surface area (Å²) in [6.07, 6.45) is 22.6. The fourth-order valence-electron chi connectivity index (χ4n) is 4.40. The molecule has 0 saturated heterocycles. The molecule has 0 aromatic rings. The summed E-state index contributed by atoms with van der Waals surface area (Å²) < 4.78 is 5.80. The Bertz CT molecular complexity index is 355. The van der Waals surface area contributed by atoms with Gasteiger partial charge in [-0.1, -0.05) is 117 Å². The van der Waals surface area contributed by atoms with Crippen LogP contribution < -0.4 is 6.15 Å². The summed E-state index contributed by atoms with van der Waals surface area (Å²) in [5.74, 6) is -0.663. The van der Waals surface area contributed by atoms with Crippen molar-refractivity contribution in [3.05, 3.63) is 0 Å². The number of aliphatic carboxylic acids is 1. The molecule has 1 unspecified atom stereocenters. The molecule has 0 aromatic carbocycles. The molecule has 0 aliphatic rings. The molecule has 0 radical (unpaired) electrons. The van der Waals surface area contributed by atoms with Crippen LogP contribution in [0.4, 0.5) is 0 Å². The van der Waals surface area contributed by atoms with Crippen LogP contribution >= 0.6 is 0 Å². The Morgan fingerprint density at radius 2 is 1.03 bits per heavy atom. The van der Waals surface area contributed by atoms with E-state index in [1.165, 1.54) is 89.9 Å². The summed E-state index contributed by atoms with van der Waals surface area (Å²) in [6, 6.07) is 0. The predicted molar refractivity (Wildman–Crippen MR) is 131 cm³/mol. The molecule has 0 fully saturated rings. The van der Waals surface area contributed by atoms with Gasteiger partial charge in [-0.05, 0) is 32.6 Å². The van der Waals surface area contributed by atoms with Crippen LogP contribution in [0.15, 0.2) is 0 Å². The standard InChI is InChI=1S/C26H52O3.H3N/c1-5-8-10-12-14-16-18-20-22-24(26(4,25(27)28)29-7-3)23-21-19-17-15-13-11-9-6-2;/h24H,5-23H2,1-4H3,(H,27,28);1H3. The van der Waals surface area contributed by atoms with Crippen LogP contribution in [-0.4, -0.2) is 23.3 Å². The third-order valence-electron chi connectivity index (χ3n) is 6.46. The van der Waals surface area contributed by atoms with Gasteiger partial charge in [-0.2, -0.15) is 0 Å². The molecule has 0 saturated carbocycles. The Kier molecular flexibility index (Phi) is 22.8. The van der Waals surface area contributed by atoms with Crippen molar-refractivity contribution in [1.29, 1.82) is 0 Å². The lowest BCUT2D eigenvalue weighted by Crippen LogP contribution is -2.45. The van der Waals surface area contributed by atoms with E-state index in [4.69, 9.17) is 4.74 Å². The van der Waals surface area contributed by atoms with Gasteiger partial charge in [0.15, 0.2) is 5.60 Å². The van der Waals surface area contributed by atoms with E-state index < -0.39 is 11.6 Å². The van der Waals surface area contributed by atoms with Gasteiger partial charge < -0.3 is 16.0 Å². The van der Waals surface area contributed by atoms with E-state index in [1.807, 2.05) is 6.92 Å². The Hall–Kier alpha value is -0.610. The minimum Gasteiger partial charge on any atom is -0.479 e. The van der Waals surface area contributed by atoms with Crippen LogP contribution in [0.5, 0.6) is 0 Å². The molecule has 4 heteroatoms. The molecule has 0 aromatic heterocycles. The summed E-state index contributed by atoms with van der Waals surface area (Å²) in [5, 5.41) is 9.86. The molecule has 0 rings (SSSR count). The first-order chi connectivity index (χ1) is 14.0. The Morgan fingerprint density at radius 3 is 1.33 bits per heavy atom. The fraction of sp³-hybridized carbons (Fsp3) is 0.962. The molecule has 0 heterocycles. The quantitative estimate of drug-likeness (QED) is 0.169. The molecule has 0 spiro atoms. The van der Waals surface area contributed by atoms with E-state index in [0.717, 1.165) is 25.7 Å². The molecule has 0 bridgehead atoms. The fourth-order valence-corrected chi connectivity index (χ4v) is 4.40. The number of ether oxygens (including phenoxy) is 1. The third-order valence-corrected chi connectivity index (χ3v) is 6.46. The Balaban J connectivity index is 0. The topological polar surface area (TPSA) is 81.5 Å². The maximum atomic E-state index is 12.0. The van der Waals surface area contributed by atoms with E-state index in [1.54, 1.807) is 6.92 Å². The highest BCUT2D eigenvalue weighted by Gasteiger charge is 2.41. The zero-order chi connectivity index (χ0) is 21.8. The summed E-state index contributed by atoms with van der Waals surface area (Å²) >= 11 is 0.